The van der Waals surface area contributed by atoms with Gasteiger partial charge in [0.1, 0.15) is 0 Å². The molecule has 0 aromatic carbocycles. The van der Waals surface area contributed by atoms with E-state index >= 15 is 0 Å². The van der Waals surface area contributed by atoms with Crippen LogP contribution in [0.5, 0.6) is 0 Å². The van der Waals surface area contributed by atoms with Crippen LogP contribution < -0.4 is 5.73 Å². The third-order valence-corrected chi connectivity index (χ3v) is 2.79. The Kier molecular flexibility index (Phi) is 4.85. The molecule has 0 radical (unpaired) electrons. The Morgan fingerprint density at radius 2 is 2.14 bits per heavy atom. The van der Waals surface area contributed by atoms with Gasteiger partial charge in [0.05, 0.1) is 12.7 Å². The first kappa shape index (κ1) is 12.0. The van der Waals surface area contributed by atoms with E-state index in [0.29, 0.717) is 0 Å². The van der Waals surface area contributed by atoms with E-state index in [4.69, 9.17) is 10.5 Å². The Bertz CT molecular complexity index is 159. The predicted molar refractivity (Wildman–Crippen MR) is 59.3 cm³/mol. The summed E-state index contributed by atoms with van der Waals surface area (Å²) in [7, 11) is 0. The zero-order valence-electron chi connectivity index (χ0n) is 9.70. The third-order valence-electron chi connectivity index (χ3n) is 2.79. The molecule has 0 amide bonds. The molecule has 0 aliphatic carbocycles. The molecule has 1 aliphatic rings. The number of nitrogens with zero attached hydrogens (tertiary/aromatic N) is 1. The van der Waals surface area contributed by atoms with Gasteiger partial charge in [-0.1, -0.05) is 13.8 Å². The topological polar surface area (TPSA) is 38.5 Å². The van der Waals surface area contributed by atoms with E-state index in [2.05, 4.69) is 18.7 Å². The van der Waals surface area contributed by atoms with E-state index in [1.54, 1.807) is 0 Å². The Morgan fingerprint density at radius 3 is 2.71 bits per heavy atom. The van der Waals surface area contributed by atoms with Gasteiger partial charge in [0.2, 0.25) is 0 Å². The van der Waals surface area contributed by atoms with Crippen molar-refractivity contribution in [1.82, 2.24) is 4.90 Å². The third kappa shape index (κ3) is 3.95. The van der Waals surface area contributed by atoms with E-state index in [1.807, 2.05) is 6.92 Å². The highest BCUT2D eigenvalue weighted by atomic mass is 16.5. The molecule has 1 heterocycles. The maximum Gasteiger partial charge on any atom is 0.0850 e. The summed E-state index contributed by atoms with van der Waals surface area (Å²) in [5.74, 6) is 0.784. The van der Waals surface area contributed by atoms with Crippen molar-refractivity contribution in [1.29, 1.82) is 0 Å². The summed E-state index contributed by atoms with van der Waals surface area (Å²) < 4.78 is 5.61. The monoisotopic (exact) mass is 200 g/mol. The normalized spacial score (nSPS) is 26.8. The second kappa shape index (κ2) is 5.69. The zero-order valence-corrected chi connectivity index (χ0v) is 9.70. The highest BCUT2D eigenvalue weighted by Crippen LogP contribution is 2.10. The van der Waals surface area contributed by atoms with Gasteiger partial charge in [0.15, 0.2) is 0 Å². The van der Waals surface area contributed by atoms with E-state index in [0.717, 1.165) is 25.6 Å². The molecule has 2 atom stereocenters. The molecule has 1 rings (SSSR count). The number of hydrogen-bond donors (Lipinski definition) is 1. The van der Waals surface area contributed by atoms with Crippen LogP contribution in [0.3, 0.4) is 0 Å². The van der Waals surface area contributed by atoms with Crippen LogP contribution in [0, 0.1) is 5.92 Å². The number of hydrogen-bond acceptors (Lipinski definition) is 3. The Morgan fingerprint density at radius 1 is 1.43 bits per heavy atom. The first-order chi connectivity index (χ1) is 6.59. The summed E-state index contributed by atoms with van der Waals surface area (Å²) in [5.41, 5.74) is 5.83. The lowest BCUT2D eigenvalue weighted by molar-refractivity contribution is -0.0385. The van der Waals surface area contributed by atoms with Crippen LogP contribution >= 0.6 is 0 Å². The molecule has 1 saturated heterocycles. The average Bonchev–Trinajstić information content (AvgIpc) is 2.15. The van der Waals surface area contributed by atoms with Crippen molar-refractivity contribution in [2.45, 2.75) is 39.3 Å². The van der Waals surface area contributed by atoms with E-state index in [1.165, 1.54) is 13.0 Å². The van der Waals surface area contributed by atoms with Crippen molar-refractivity contribution < 1.29 is 4.74 Å². The van der Waals surface area contributed by atoms with Gasteiger partial charge < -0.3 is 10.5 Å². The number of ether oxygens (including phenoxy) is 1. The molecule has 84 valence electrons. The fourth-order valence-electron chi connectivity index (χ4n) is 1.69. The maximum atomic E-state index is 5.83. The van der Waals surface area contributed by atoms with Gasteiger partial charge in [-0.2, -0.15) is 0 Å². The minimum Gasteiger partial charge on any atom is -0.374 e. The zero-order chi connectivity index (χ0) is 10.6. The lowest BCUT2D eigenvalue weighted by Gasteiger charge is -2.35. The van der Waals surface area contributed by atoms with Crippen molar-refractivity contribution in [2.75, 3.05) is 26.2 Å². The summed E-state index contributed by atoms with van der Waals surface area (Å²) in [6.07, 6.45) is 1.50. The van der Waals surface area contributed by atoms with Crippen LogP contribution in [0.4, 0.5) is 0 Å². The fraction of sp³-hybridized carbons (Fsp3) is 1.00. The van der Waals surface area contributed by atoms with Gasteiger partial charge in [-0.25, -0.2) is 0 Å². The SMILES string of the molecule is CC(C)CCN1CCOC(C(C)N)C1. The van der Waals surface area contributed by atoms with Gasteiger partial charge >= 0.3 is 0 Å². The van der Waals surface area contributed by atoms with E-state index in [-0.39, 0.29) is 12.1 Å². The minimum absolute atomic E-state index is 0.150. The quantitative estimate of drug-likeness (QED) is 0.738. The minimum atomic E-state index is 0.150. The number of rotatable bonds is 4. The lowest BCUT2D eigenvalue weighted by Crippen LogP contribution is -2.49. The molecule has 1 aliphatic heterocycles. The standard InChI is InChI=1S/C11H24N2O/c1-9(2)4-5-13-6-7-14-11(8-13)10(3)12/h9-11H,4-8,12H2,1-3H3. The van der Waals surface area contributed by atoms with Gasteiger partial charge in [-0.15, -0.1) is 0 Å². The van der Waals surface area contributed by atoms with E-state index < -0.39 is 0 Å². The summed E-state index contributed by atoms with van der Waals surface area (Å²) >= 11 is 0. The second-order valence-electron chi connectivity index (χ2n) is 4.75. The van der Waals surface area contributed by atoms with Gasteiger partial charge in [-0.3, -0.25) is 4.90 Å². The summed E-state index contributed by atoms with van der Waals surface area (Å²) in [6.45, 7) is 10.7. The van der Waals surface area contributed by atoms with Crippen LogP contribution in [-0.4, -0.2) is 43.3 Å². The largest absolute Gasteiger partial charge is 0.374 e. The van der Waals surface area contributed by atoms with Crippen LogP contribution in [0.25, 0.3) is 0 Å². The molecule has 14 heavy (non-hydrogen) atoms. The maximum absolute atomic E-state index is 5.83. The van der Waals surface area contributed by atoms with Gasteiger partial charge in [0, 0.05) is 19.1 Å². The highest BCUT2D eigenvalue weighted by Gasteiger charge is 2.22. The molecule has 2 N–H and O–H groups in total. The number of nitrogens with two attached hydrogens (primary N) is 1. The van der Waals surface area contributed by atoms with Gasteiger partial charge in [-0.05, 0) is 25.8 Å². The second-order valence-corrected chi connectivity index (χ2v) is 4.75. The first-order valence-corrected chi connectivity index (χ1v) is 5.69. The molecule has 0 spiro atoms. The summed E-state index contributed by atoms with van der Waals surface area (Å²) in [6, 6.07) is 0.150. The van der Waals surface area contributed by atoms with Crippen molar-refractivity contribution in [3.63, 3.8) is 0 Å². The fourth-order valence-corrected chi connectivity index (χ4v) is 1.69. The van der Waals surface area contributed by atoms with Crippen LogP contribution in [0.15, 0.2) is 0 Å². The summed E-state index contributed by atoms with van der Waals surface area (Å²) in [5, 5.41) is 0. The molecule has 0 bridgehead atoms. The van der Waals surface area contributed by atoms with Crippen molar-refractivity contribution in [3.8, 4) is 0 Å². The lowest BCUT2D eigenvalue weighted by atomic mass is 10.1. The average molecular weight is 200 g/mol. The van der Waals surface area contributed by atoms with Crippen LogP contribution in [0.2, 0.25) is 0 Å². The summed E-state index contributed by atoms with van der Waals surface area (Å²) in [4.78, 5) is 2.47. The molecule has 1 fully saturated rings. The molecule has 0 saturated carbocycles. The molecular formula is C11H24N2O. The predicted octanol–water partition coefficient (Wildman–Crippen LogP) is 1.08. The van der Waals surface area contributed by atoms with Crippen molar-refractivity contribution >= 4 is 0 Å². The first-order valence-electron chi connectivity index (χ1n) is 5.69. The molecule has 0 aromatic heterocycles. The van der Waals surface area contributed by atoms with Crippen LogP contribution in [-0.2, 0) is 4.74 Å². The highest BCUT2D eigenvalue weighted by molar-refractivity contribution is 4.77. The Hall–Kier alpha value is -0.120. The molecule has 3 heteroatoms. The molecule has 2 unspecified atom stereocenters. The molecule has 3 nitrogen and oxygen atoms in total. The smallest absolute Gasteiger partial charge is 0.0850 e. The van der Waals surface area contributed by atoms with Gasteiger partial charge in [0.25, 0.3) is 0 Å². The van der Waals surface area contributed by atoms with E-state index in [9.17, 15) is 0 Å². The van der Waals surface area contributed by atoms with Crippen molar-refractivity contribution in [2.24, 2.45) is 11.7 Å². The number of morpholine rings is 1. The van der Waals surface area contributed by atoms with Crippen molar-refractivity contribution in [3.05, 3.63) is 0 Å². The van der Waals surface area contributed by atoms with Crippen LogP contribution in [0.1, 0.15) is 27.2 Å². The Labute approximate surface area is 87.6 Å². The Balaban J connectivity index is 2.25. The molecular weight excluding hydrogens is 176 g/mol. The molecule has 0 aromatic rings.